The Balaban J connectivity index is 2.74. The molecule has 0 saturated carbocycles. The summed E-state index contributed by atoms with van der Waals surface area (Å²) in [5.41, 5.74) is 2.25. The Kier molecular flexibility index (Phi) is 1.80. The zero-order valence-electron chi connectivity index (χ0n) is 4.17. The Morgan fingerprint density at radius 3 is 2.78 bits per heavy atom. The van der Waals surface area contributed by atoms with Gasteiger partial charge in [0.05, 0.1) is 0 Å². The number of hydrazine groups is 1. The van der Waals surface area contributed by atoms with Crippen LogP contribution in [0, 0.1) is 0 Å². The van der Waals surface area contributed by atoms with E-state index in [1.807, 2.05) is 0 Å². The molecule has 1 rings (SSSR count). The van der Waals surface area contributed by atoms with Crippen molar-refractivity contribution in [1.82, 2.24) is 10.7 Å². The Morgan fingerprint density at radius 2 is 2.33 bits per heavy atom. The van der Waals surface area contributed by atoms with Crippen LogP contribution in [0.5, 0.6) is 0 Å². The van der Waals surface area contributed by atoms with Crippen molar-refractivity contribution < 1.29 is 5.21 Å². The van der Waals surface area contributed by atoms with Gasteiger partial charge in [-0.1, -0.05) is 28.5 Å². The van der Waals surface area contributed by atoms with E-state index in [9.17, 15) is 0 Å². The molecule has 50 valence electrons. The van der Waals surface area contributed by atoms with Crippen LogP contribution in [0.3, 0.4) is 0 Å². The molecule has 0 radical (unpaired) electrons. The molecule has 0 fully saturated rings. The first kappa shape index (κ1) is 6.67. The van der Waals surface area contributed by atoms with Crippen molar-refractivity contribution in [2.45, 2.75) is 0 Å². The predicted molar refractivity (Wildman–Crippen MR) is 34.0 cm³/mol. The Labute approximate surface area is 61.3 Å². The Hall–Kier alpha value is -0.450. The van der Waals surface area contributed by atoms with E-state index in [1.54, 1.807) is 0 Å². The van der Waals surface area contributed by atoms with Crippen LogP contribution in [0.15, 0.2) is 16.3 Å². The molecule has 2 N–H and O–H groups in total. The number of allylic oxidation sites excluding steroid dienone is 1. The van der Waals surface area contributed by atoms with Gasteiger partial charge in [-0.05, 0) is 0 Å². The first-order valence-corrected chi connectivity index (χ1v) is 2.81. The van der Waals surface area contributed by atoms with Gasteiger partial charge in [0.25, 0.3) is 0 Å². The monoisotopic (exact) mass is 167 g/mol. The lowest BCUT2D eigenvalue weighted by molar-refractivity contribution is -0.125. The van der Waals surface area contributed by atoms with Gasteiger partial charge < -0.3 is 0 Å². The molecule has 4 nitrogen and oxygen atoms in total. The number of nitrogens with one attached hydrogen (secondary N) is 1. The molecular formula is C3H3Cl2N3O. The van der Waals surface area contributed by atoms with Crippen LogP contribution in [0.25, 0.3) is 0 Å². The van der Waals surface area contributed by atoms with Crippen molar-refractivity contribution >= 4 is 28.4 Å². The van der Waals surface area contributed by atoms with Crippen LogP contribution in [0.2, 0.25) is 0 Å². The second kappa shape index (κ2) is 2.43. The number of hydrogen-bond acceptors (Lipinski definition) is 4. The predicted octanol–water partition coefficient (Wildman–Crippen LogP) is 0.828. The van der Waals surface area contributed by atoms with Crippen LogP contribution >= 0.6 is 23.2 Å². The fourth-order valence-electron chi connectivity index (χ4n) is 0.377. The highest BCUT2D eigenvalue weighted by molar-refractivity contribution is 6.69. The third-order valence-electron chi connectivity index (χ3n) is 0.643. The standard InChI is InChI=1S/C3H3Cl2N3O/c4-2-1-3(5)7-8(9)6-2/h1,6,9H. The van der Waals surface area contributed by atoms with E-state index in [2.05, 4.69) is 10.5 Å². The topological polar surface area (TPSA) is 47.9 Å². The highest BCUT2D eigenvalue weighted by atomic mass is 35.5. The number of hydrogen-bond donors (Lipinski definition) is 2. The first-order chi connectivity index (χ1) is 4.18. The van der Waals surface area contributed by atoms with Crippen molar-refractivity contribution in [2.24, 2.45) is 5.10 Å². The highest BCUT2D eigenvalue weighted by Crippen LogP contribution is 2.05. The summed E-state index contributed by atoms with van der Waals surface area (Å²) in [5, 5.41) is 12.7. The van der Waals surface area contributed by atoms with Crippen LogP contribution < -0.4 is 5.43 Å². The minimum Gasteiger partial charge on any atom is -0.253 e. The Morgan fingerprint density at radius 1 is 1.67 bits per heavy atom. The lowest BCUT2D eigenvalue weighted by Gasteiger charge is -2.15. The molecule has 9 heavy (non-hydrogen) atoms. The van der Waals surface area contributed by atoms with E-state index in [4.69, 9.17) is 28.4 Å². The van der Waals surface area contributed by atoms with Gasteiger partial charge in [0.15, 0.2) is 5.17 Å². The van der Waals surface area contributed by atoms with Gasteiger partial charge in [0.1, 0.15) is 5.16 Å². The summed E-state index contributed by atoms with van der Waals surface area (Å²) in [5.74, 6) is 0. The fraction of sp³-hybridized carbons (Fsp3) is 0. The van der Waals surface area contributed by atoms with Crippen LogP contribution in [-0.2, 0) is 0 Å². The van der Waals surface area contributed by atoms with Gasteiger partial charge in [-0.15, -0.1) is 5.10 Å². The second-order valence-corrected chi connectivity index (χ2v) is 2.11. The van der Waals surface area contributed by atoms with Gasteiger partial charge in [-0.3, -0.25) is 5.21 Å². The molecule has 0 bridgehead atoms. The molecule has 0 atom stereocenters. The summed E-state index contributed by atoms with van der Waals surface area (Å²) in [4.78, 5) is 0. The molecule has 0 spiro atoms. The molecule has 0 aromatic rings. The smallest absolute Gasteiger partial charge is 0.156 e. The third kappa shape index (κ3) is 1.74. The molecule has 0 amide bonds. The maximum absolute atomic E-state index is 8.57. The average Bonchev–Trinajstić information content (AvgIpc) is 1.59. The molecule has 0 saturated heterocycles. The fourth-order valence-corrected chi connectivity index (χ4v) is 0.792. The summed E-state index contributed by atoms with van der Waals surface area (Å²) in [6.07, 6.45) is 1.37. The molecule has 0 aromatic heterocycles. The lowest BCUT2D eigenvalue weighted by Crippen LogP contribution is -2.31. The van der Waals surface area contributed by atoms with Crippen LogP contribution in [0.1, 0.15) is 0 Å². The van der Waals surface area contributed by atoms with Crippen molar-refractivity contribution in [3.63, 3.8) is 0 Å². The maximum Gasteiger partial charge on any atom is 0.156 e. The molecule has 0 unspecified atom stereocenters. The first-order valence-electron chi connectivity index (χ1n) is 2.05. The van der Waals surface area contributed by atoms with Crippen LogP contribution in [-0.4, -0.2) is 15.7 Å². The molecular weight excluding hydrogens is 165 g/mol. The summed E-state index contributed by atoms with van der Waals surface area (Å²) in [6, 6.07) is 0. The lowest BCUT2D eigenvalue weighted by atomic mass is 10.6. The van der Waals surface area contributed by atoms with Crippen LogP contribution in [0.4, 0.5) is 0 Å². The number of rotatable bonds is 0. The summed E-state index contributed by atoms with van der Waals surface area (Å²) >= 11 is 10.7. The van der Waals surface area contributed by atoms with Crippen molar-refractivity contribution in [2.75, 3.05) is 0 Å². The zero-order chi connectivity index (χ0) is 6.85. The molecule has 1 aliphatic heterocycles. The van der Waals surface area contributed by atoms with Crippen molar-refractivity contribution in [1.29, 1.82) is 0 Å². The van der Waals surface area contributed by atoms with E-state index < -0.39 is 0 Å². The van der Waals surface area contributed by atoms with Gasteiger partial charge in [-0.25, -0.2) is 5.43 Å². The minimum atomic E-state index is 0.126. The van der Waals surface area contributed by atoms with Gasteiger partial charge in [0.2, 0.25) is 0 Å². The number of hydrazone groups is 1. The average molecular weight is 168 g/mol. The largest absolute Gasteiger partial charge is 0.253 e. The normalized spacial score (nSPS) is 18.3. The maximum atomic E-state index is 8.57. The van der Waals surface area contributed by atoms with E-state index in [1.165, 1.54) is 6.08 Å². The summed E-state index contributed by atoms with van der Waals surface area (Å²) in [6.45, 7) is 0. The summed E-state index contributed by atoms with van der Waals surface area (Å²) < 4.78 is 0. The van der Waals surface area contributed by atoms with E-state index >= 15 is 0 Å². The molecule has 1 heterocycles. The highest BCUT2D eigenvalue weighted by Gasteiger charge is 2.05. The molecule has 0 aliphatic carbocycles. The SMILES string of the molecule is ON1N=C(Cl)C=C(Cl)N1. The van der Waals surface area contributed by atoms with Gasteiger partial charge >= 0.3 is 0 Å². The van der Waals surface area contributed by atoms with Gasteiger partial charge in [-0.2, -0.15) is 0 Å². The van der Waals surface area contributed by atoms with E-state index in [0.717, 1.165) is 0 Å². The molecule has 6 heteroatoms. The second-order valence-electron chi connectivity index (χ2n) is 1.32. The van der Waals surface area contributed by atoms with Crippen molar-refractivity contribution in [3.05, 3.63) is 11.2 Å². The zero-order valence-corrected chi connectivity index (χ0v) is 5.69. The molecule has 1 aliphatic rings. The van der Waals surface area contributed by atoms with Crippen molar-refractivity contribution in [3.8, 4) is 0 Å². The third-order valence-corrected chi connectivity index (χ3v) is 1.02. The summed E-state index contributed by atoms with van der Waals surface area (Å²) in [7, 11) is 0. The molecule has 0 aromatic carbocycles. The number of nitrogens with zero attached hydrogens (tertiary/aromatic N) is 2. The quantitative estimate of drug-likeness (QED) is 0.526. The minimum absolute atomic E-state index is 0.126. The van der Waals surface area contributed by atoms with E-state index in [-0.39, 0.29) is 10.3 Å². The number of halogens is 2. The van der Waals surface area contributed by atoms with E-state index in [0.29, 0.717) is 5.28 Å². The van der Waals surface area contributed by atoms with Gasteiger partial charge in [0, 0.05) is 6.08 Å². The Bertz CT molecular complexity index is 178.